The number of rotatable bonds is 8. The summed E-state index contributed by atoms with van der Waals surface area (Å²) in [5, 5.41) is 3.81. The molecular formula is C19H19Cl2NO3. The van der Waals surface area contributed by atoms with Crippen LogP contribution in [0.3, 0.4) is 0 Å². The van der Waals surface area contributed by atoms with Crippen LogP contribution in [0.5, 0.6) is 5.75 Å². The Morgan fingerprint density at radius 2 is 1.76 bits per heavy atom. The zero-order valence-corrected chi connectivity index (χ0v) is 15.3. The van der Waals surface area contributed by atoms with Crippen molar-refractivity contribution in [3.63, 3.8) is 0 Å². The third-order valence-electron chi connectivity index (χ3n) is 3.35. The van der Waals surface area contributed by atoms with Crippen molar-refractivity contribution in [2.45, 2.75) is 6.54 Å². The van der Waals surface area contributed by atoms with Gasteiger partial charge in [-0.15, -0.1) is 0 Å². The number of benzene rings is 2. The molecular weight excluding hydrogens is 361 g/mol. The van der Waals surface area contributed by atoms with Gasteiger partial charge in [-0.3, -0.25) is 4.79 Å². The second-order valence-corrected chi connectivity index (χ2v) is 5.99. The Hall–Kier alpha value is -2.01. The molecule has 0 bridgehead atoms. The molecule has 0 saturated carbocycles. The van der Waals surface area contributed by atoms with Crippen LogP contribution in [0.2, 0.25) is 10.0 Å². The molecule has 2 aromatic rings. The Bertz CT molecular complexity index is 710. The first kappa shape index (κ1) is 19.3. The number of amides is 1. The molecule has 6 heteroatoms. The van der Waals surface area contributed by atoms with Crippen LogP contribution in [0.1, 0.15) is 11.1 Å². The smallest absolute Gasteiger partial charge is 0.244 e. The molecule has 0 radical (unpaired) electrons. The minimum absolute atomic E-state index is 0.226. The number of halogens is 2. The first-order valence-electron chi connectivity index (χ1n) is 7.70. The third-order valence-corrected chi connectivity index (χ3v) is 4.01. The van der Waals surface area contributed by atoms with Gasteiger partial charge in [-0.05, 0) is 35.9 Å². The van der Waals surface area contributed by atoms with E-state index in [1.54, 1.807) is 31.4 Å². The molecule has 2 rings (SSSR count). The maximum Gasteiger partial charge on any atom is 0.244 e. The fourth-order valence-electron chi connectivity index (χ4n) is 2.02. The minimum atomic E-state index is -0.226. The Labute approximate surface area is 157 Å². The summed E-state index contributed by atoms with van der Waals surface area (Å²) in [4.78, 5) is 11.9. The molecule has 0 aliphatic heterocycles. The second kappa shape index (κ2) is 10.1. The maximum atomic E-state index is 11.9. The molecule has 1 N–H and O–H groups in total. The van der Waals surface area contributed by atoms with Crippen LogP contribution in [0.15, 0.2) is 48.5 Å². The summed E-state index contributed by atoms with van der Waals surface area (Å²) in [7, 11) is 1.63. The molecule has 0 unspecified atom stereocenters. The second-order valence-electron chi connectivity index (χ2n) is 5.17. The Kier molecular flexibility index (Phi) is 7.79. The van der Waals surface area contributed by atoms with Crippen LogP contribution in [0.4, 0.5) is 0 Å². The van der Waals surface area contributed by atoms with Gasteiger partial charge in [0.1, 0.15) is 12.4 Å². The first-order valence-corrected chi connectivity index (χ1v) is 8.46. The number of hydrogen-bond donors (Lipinski definition) is 1. The number of nitrogens with one attached hydrogen (secondary N) is 1. The van der Waals surface area contributed by atoms with Crippen LogP contribution in [-0.2, 0) is 16.1 Å². The molecule has 0 aliphatic carbocycles. The van der Waals surface area contributed by atoms with Crippen molar-refractivity contribution in [1.82, 2.24) is 5.32 Å². The van der Waals surface area contributed by atoms with Crippen molar-refractivity contribution < 1.29 is 14.3 Å². The molecule has 0 spiro atoms. The van der Waals surface area contributed by atoms with Gasteiger partial charge in [0.25, 0.3) is 0 Å². The van der Waals surface area contributed by atoms with E-state index in [9.17, 15) is 4.79 Å². The van der Waals surface area contributed by atoms with Gasteiger partial charge in [-0.25, -0.2) is 0 Å². The lowest BCUT2D eigenvalue weighted by molar-refractivity contribution is -0.116. The molecule has 0 saturated heterocycles. The zero-order valence-electron chi connectivity index (χ0n) is 13.8. The minimum Gasteiger partial charge on any atom is -0.491 e. The molecule has 0 fully saturated rings. The third kappa shape index (κ3) is 6.42. The highest BCUT2D eigenvalue weighted by Crippen LogP contribution is 2.25. The lowest BCUT2D eigenvalue weighted by Gasteiger charge is -2.07. The average molecular weight is 380 g/mol. The van der Waals surface area contributed by atoms with E-state index >= 15 is 0 Å². The summed E-state index contributed by atoms with van der Waals surface area (Å²) in [6.45, 7) is 1.46. The number of carbonyl (C=O) groups is 1. The topological polar surface area (TPSA) is 47.6 Å². The lowest BCUT2D eigenvalue weighted by atomic mass is 10.2. The van der Waals surface area contributed by atoms with Crippen molar-refractivity contribution in [1.29, 1.82) is 0 Å². The summed E-state index contributed by atoms with van der Waals surface area (Å²) < 4.78 is 10.4. The maximum absolute atomic E-state index is 11.9. The van der Waals surface area contributed by atoms with Gasteiger partial charge < -0.3 is 14.8 Å². The Morgan fingerprint density at radius 1 is 1.08 bits per heavy atom. The molecule has 0 aliphatic rings. The number of hydrogen-bond acceptors (Lipinski definition) is 3. The van der Waals surface area contributed by atoms with E-state index < -0.39 is 0 Å². The van der Waals surface area contributed by atoms with Gasteiger partial charge in [-0.2, -0.15) is 0 Å². The lowest BCUT2D eigenvalue weighted by Crippen LogP contribution is -2.20. The van der Waals surface area contributed by atoms with E-state index in [0.29, 0.717) is 35.4 Å². The van der Waals surface area contributed by atoms with E-state index in [-0.39, 0.29) is 5.91 Å². The monoisotopic (exact) mass is 379 g/mol. The molecule has 2 aromatic carbocycles. The quantitative estimate of drug-likeness (QED) is 0.547. The number of methoxy groups -OCH3 is 1. The highest BCUT2D eigenvalue weighted by atomic mass is 35.5. The summed E-state index contributed by atoms with van der Waals surface area (Å²) in [6.07, 6.45) is 3.02. The average Bonchev–Trinajstić information content (AvgIpc) is 2.61. The van der Waals surface area contributed by atoms with E-state index in [2.05, 4.69) is 5.32 Å². The van der Waals surface area contributed by atoms with Crippen LogP contribution in [-0.4, -0.2) is 26.2 Å². The van der Waals surface area contributed by atoms with Crippen molar-refractivity contribution in [3.8, 4) is 5.75 Å². The largest absolute Gasteiger partial charge is 0.491 e. The number of ether oxygens (including phenoxy) is 2. The molecule has 4 nitrogen and oxygen atoms in total. The summed E-state index contributed by atoms with van der Waals surface area (Å²) in [6, 6.07) is 12.7. The molecule has 132 valence electrons. The SMILES string of the molecule is COCCOc1ccc(CNC(=O)/C=C/c2c(Cl)cccc2Cl)cc1. The summed E-state index contributed by atoms with van der Waals surface area (Å²) in [5.41, 5.74) is 1.59. The molecule has 0 aromatic heterocycles. The van der Waals surface area contributed by atoms with Crippen LogP contribution >= 0.6 is 23.2 Å². The highest BCUT2D eigenvalue weighted by molar-refractivity contribution is 6.37. The van der Waals surface area contributed by atoms with Crippen molar-refractivity contribution in [2.75, 3.05) is 20.3 Å². The molecule has 0 heterocycles. The number of carbonyl (C=O) groups excluding carboxylic acids is 1. The zero-order chi connectivity index (χ0) is 18.1. The van der Waals surface area contributed by atoms with Crippen molar-refractivity contribution in [3.05, 3.63) is 69.7 Å². The predicted octanol–water partition coefficient (Wildman–Crippen LogP) is 4.35. The van der Waals surface area contributed by atoms with Gasteiger partial charge in [0, 0.05) is 35.3 Å². The van der Waals surface area contributed by atoms with Crippen molar-refractivity contribution in [2.24, 2.45) is 0 Å². The highest BCUT2D eigenvalue weighted by Gasteiger charge is 2.03. The van der Waals surface area contributed by atoms with Gasteiger partial charge >= 0.3 is 0 Å². The van der Waals surface area contributed by atoms with Gasteiger partial charge in [-0.1, -0.05) is 41.4 Å². The fourth-order valence-corrected chi connectivity index (χ4v) is 2.55. The van der Waals surface area contributed by atoms with Gasteiger partial charge in [0.15, 0.2) is 0 Å². The Balaban J connectivity index is 1.84. The fraction of sp³-hybridized carbons (Fsp3) is 0.211. The summed E-state index contributed by atoms with van der Waals surface area (Å²) >= 11 is 12.1. The standard InChI is InChI=1S/C19H19Cl2NO3/c1-24-11-12-25-15-7-5-14(6-8-15)13-22-19(23)10-9-16-17(20)3-2-4-18(16)21/h2-10H,11-13H2,1H3,(H,22,23)/b10-9+. The first-order chi connectivity index (χ1) is 12.1. The van der Waals surface area contributed by atoms with E-state index in [0.717, 1.165) is 11.3 Å². The van der Waals surface area contributed by atoms with Crippen molar-refractivity contribution >= 4 is 35.2 Å². The van der Waals surface area contributed by atoms with E-state index in [1.807, 2.05) is 24.3 Å². The van der Waals surface area contributed by atoms with Gasteiger partial charge in [0.2, 0.25) is 5.91 Å². The molecule has 25 heavy (non-hydrogen) atoms. The predicted molar refractivity (Wildman–Crippen MR) is 101 cm³/mol. The molecule has 0 atom stereocenters. The summed E-state index contributed by atoms with van der Waals surface area (Å²) in [5.74, 6) is 0.539. The van der Waals surface area contributed by atoms with Crippen LogP contribution < -0.4 is 10.1 Å². The molecule has 1 amide bonds. The van der Waals surface area contributed by atoms with Gasteiger partial charge in [0.05, 0.1) is 6.61 Å². The van der Waals surface area contributed by atoms with Crippen LogP contribution in [0.25, 0.3) is 6.08 Å². The normalized spacial score (nSPS) is 10.8. The van der Waals surface area contributed by atoms with Crippen LogP contribution in [0, 0.1) is 0 Å². The van der Waals surface area contributed by atoms with E-state index in [4.69, 9.17) is 32.7 Å². The van der Waals surface area contributed by atoms with E-state index in [1.165, 1.54) is 6.08 Å². The Morgan fingerprint density at radius 3 is 2.40 bits per heavy atom.